The first-order chi connectivity index (χ1) is 9.74. The minimum absolute atomic E-state index is 0.321. The van der Waals surface area contributed by atoms with E-state index in [9.17, 15) is 0 Å². The van der Waals surface area contributed by atoms with Crippen LogP contribution in [0, 0.1) is 10.2 Å². The Kier molecular flexibility index (Phi) is 3.67. The van der Waals surface area contributed by atoms with E-state index in [2.05, 4.69) is 19.7 Å². The van der Waals surface area contributed by atoms with Crippen molar-refractivity contribution in [3.8, 4) is 11.5 Å². The van der Waals surface area contributed by atoms with Crippen molar-refractivity contribution in [3.63, 3.8) is 0 Å². The third-order valence-corrected chi connectivity index (χ3v) is 4.25. The molecular formula is C14H18N4OS. The Balaban J connectivity index is 1.87. The predicted octanol–water partition coefficient (Wildman–Crippen LogP) is 2.82. The van der Waals surface area contributed by atoms with Crippen molar-refractivity contribution in [1.82, 2.24) is 19.7 Å². The molecule has 6 heteroatoms. The Bertz CT molecular complexity index is 630. The van der Waals surface area contributed by atoms with Crippen LogP contribution in [-0.2, 0) is 11.3 Å². The molecule has 1 fully saturated rings. The summed E-state index contributed by atoms with van der Waals surface area (Å²) in [5.41, 5.74) is 1.17. The molecule has 5 nitrogen and oxygen atoms in total. The molecular weight excluding hydrogens is 272 g/mol. The molecule has 1 aliphatic rings. The second-order valence-corrected chi connectivity index (χ2v) is 5.78. The maximum absolute atomic E-state index is 5.37. The third kappa shape index (κ3) is 2.66. The third-order valence-electron chi connectivity index (χ3n) is 3.94. The van der Waals surface area contributed by atoms with Crippen molar-refractivity contribution < 1.29 is 4.74 Å². The summed E-state index contributed by atoms with van der Waals surface area (Å²) in [5.74, 6) is 0.819. The van der Waals surface area contributed by atoms with Crippen LogP contribution in [-0.4, -0.2) is 33.5 Å². The lowest BCUT2D eigenvalue weighted by molar-refractivity contribution is 0.166. The number of hydrogen-bond acceptors (Lipinski definition) is 4. The zero-order valence-corrected chi connectivity index (χ0v) is 12.3. The van der Waals surface area contributed by atoms with Crippen LogP contribution < -0.4 is 0 Å². The largest absolute Gasteiger partial charge is 0.385 e. The van der Waals surface area contributed by atoms with Crippen LogP contribution in [0.2, 0.25) is 0 Å². The Morgan fingerprint density at radius 2 is 2.30 bits per heavy atom. The quantitative estimate of drug-likeness (QED) is 0.831. The van der Waals surface area contributed by atoms with Gasteiger partial charge in [-0.25, -0.2) is 0 Å². The molecule has 3 rings (SSSR count). The van der Waals surface area contributed by atoms with Gasteiger partial charge in [-0.05, 0) is 49.0 Å². The maximum Gasteiger partial charge on any atom is 0.195 e. The number of hydrogen-bond donors (Lipinski definition) is 1. The molecule has 0 unspecified atom stereocenters. The molecule has 0 saturated heterocycles. The van der Waals surface area contributed by atoms with Gasteiger partial charge in [0.15, 0.2) is 10.6 Å². The highest BCUT2D eigenvalue weighted by molar-refractivity contribution is 7.71. The van der Waals surface area contributed by atoms with E-state index < -0.39 is 0 Å². The summed E-state index contributed by atoms with van der Waals surface area (Å²) in [4.78, 5) is 4.36. The molecule has 0 radical (unpaired) electrons. The van der Waals surface area contributed by atoms with Gasteiger partial charge in [0, 0.05) is 26.5 Å². The zero-order chi connectivity index (χ0) is 14.0. The summed E-state index contributed by atoms with van der Waals surface area (Å²) < 4.78 is 7.94. The van der Waals surface area contributed by atoms with Crippen molar-refractivity contribution in [1.29, 1.82) is 0 Å². The number of nitrogens with zero attached hydrogens (tertiary/aromatic N) is 3. The Labute approximate surface area is 123 Å². The standard InChI is InChI=1S/C14H18N4OS/c1-19-9-7-14(5-6-14)10-18-12(16-17-13(18)20)11-4-2-3-8-15-11/h2-4,8H,5-7,9-10H2,1H3,(H,17,20). The van der Waals surface area contributed by atoms with E-state index in [4.69, 9.17) is 17.0 Å². The number of H-pyrrole nitrogens is 1. The van der Waals surface area contributed by atoms with Crippen molar-refractivity contribution in [3.05, 3.63) is 29.2 Å². The highest BCUT2D eigenvalue weighted by Gasteiger charge is 2.43. The number of rotatable bonds is 6. The molecule has 1 aliphatic carbocycles. The van der Waals surface area contributed by atoms with Gasteiger partial charge >= 0.3 is 0 Å². The molecule has 1 saturated carbocycles. The molecule has 20 heavy (non-hydrogen) atoms. The molecule has 0 bridgehead atoms. The van der Waals surface area contributed by atoms with Crippen LogP contribution in [0.3, 0.4) is 0 Å². The van der Waals surface area contributed by atoms with Crippen molar-refractivity contribution in [2.45, 2.75) is 25.8 Å². The number of methoxy groups -OCH3 is 1. The number of aromatic amines is 1. The van der Waals surface area contributed by atoms with Crippen molar-refractivity contribution >= 4 is 12.2 Å². The van der Waals surface area contributed by atoms with Gasteiger partial charge in [0.2, 0.25) is 0 Å². The van der Waals surface area contributed by atoms with E-state index in [0.29, 0.717) is 10.2 Å². The summed E-state index contributed by atoms with van der Waals surface area (Å²) in [6, 6.07) is 5.81. The Morgan fingerprint density at radius 1 is 1.45 bits per heavy atom. The molecule has 0 atom stereocenters. The molecule has 106 valence electrons. The maximum atomic E-state index is 5.37. The van der Waals surface area contributed by atoms with Gasteiger partial charge in [0.25, 0.3) is 0 Å². The van der Waals surface area contributed by atoms with E-state index in [0.717, 1.165) is 31.1 Å². The van der Waals surface area contributed by atoms with Crippen molar-refractivity contribution in [2.75, 3.05) is 13.7 Å². The number of ether oxygens (including phenoxy) is 1. The van der Waals surface area contributed by atoms with Crippen LogP contribution >= 0.6 is 12.2 Å². The SMILES string of the molecule is COCCC1(Cn2c(-c3ccccn3)n[nH]c2=S)CC1. The van der Waals surface area contributed by atoms with E-state index in [-0.39, 0.29) is 0 Å². The fourth-order valence-corrected chi connectivity index (χ4v) is 2.67. The van der Waals surface area contributed by atoms with Crippen LogP contribution in [0.25, 0.3) is 11.5 Å². The lowest BCUT2D eigenvalue weighted by Gasteiger charge is -2.16. The van der Waals surface area contributed by atoms with Crippen molar-refractivity contribution in [2.24, 2.45) is 5.41 Å². The first-order valence-corrected chi connectivity index (χ1v) is 7.20. The molecule has 2 heterocycles. The van der Waals surface area contributed by atoms with Gasteiger partial charge in [-0.3, -0.25) is 14.6 Å². The zero-order valence-electron chi connectivity index (χ0n) is 11.5. The number of pyridine rings is 1. The van der Waals surface area contributed by atoms with E-state index >= 15 is 0 Å². The highest BCUT2D eigenvalue weighted by atomic mass is 32.1. The fourth-order valence-electron chi connectivity index (χ4n) is 2.47. The Hall–Kier alpha value is -1.53. The number of aromatic nitrogens is 4. The normalized spacial score (nSPS) is 16.2. The monoisotopic (exact) mass is 290 g/mol. The Morgan fingerprint density at radius 3 is 2.95 bits per heavy atom. The lowest BCUT2D eigenvalue weighted by Crippen LogP contribution is -2.15. The molecule has 0 amide bonds. The minimum atomic E-state index is 0.321. The van der Waals surface area contributed by atoms with E-state index in [1.54, 1.807) is 13.3 Å². The highest BCUT2D eigenvalue weighted by Crippen LogP contribution is 2.50. The predicted molar refractivity (Wildman–Crippen MR) is 78.8 cm³/mol. The first-order valence-electron chi connectivity index (χ1n) is 6.80. The second-order valence-electron chi connectivity index (χ2n) is 5.40. The average Bonchev–Trinajstić information content (AvgIpc) is 3.16. The van der Waals surface area contributed by atoms with Gasteiger partial charge in [-0.1, -0.05) is 6.07 Å². The lowest BCUT2D eigenvalue weighted by atomic mass is 10.0. The van der Waals surface area contributed by atoms with Gasteiger partial charge in [0.05, 0.1) is 0 Å². The average molecular weight is 290 g/mol. The van der Waals surface area contributed by atoms with E-state index in [1.807, 2.05) is 18.2 Å². The molecule has 0 spiro atoms. The molecule has 1 N–H and O–H groups in total. The van der Waals surface area contributed by atoms with Gasteiger partial charge in [0.1, 0.15) is 5.69 Å². The molecule has 2 aromatic rings. The smallest absolute Gasteiger partial charge is 0.195 e. The van der Waals surface area contributed by atoms with E-state index in [1.165, 1.54) is 12.8 Å². The summed E-state index contributed by atoms with van der Waals surface area (Å²) >= 11 is 5.37. The minimum Gasteiger partial charge on any atom is -0.385 e. The van der Waals surface area contributed by atoms with Crippen LogP contribution in [0.15, 0.2) is 24.4 Å². The fraction of sp³-hybridized carbons (Fsp3) is 0.500. The number of nitrogens with one attached hydrogen (secondary N) is 1. The summed E-state index contributed by atoms with van der Waals surface area (Å²) in [6.07, 6.45) is 5.29. The second kappa shape index (κ2) is 5.46. The topological polar surface area (TPSA) is 55.7 Å². The van der Waals surface area contributed by atoms with Crippen LogP contribution in [0.4, 0.5) is 0 Å². The summed E-state index contributed by atoms with van der Waals surface area (Å²) in [7, 11) is 1.75. The molecule has 0 aliphatic heterocycles. The molecule has 2 aromatic heterocycles. The summed E-state index contributed by atoms with van der Waals surface area (Å²) in [6.45, 7) is 1.68. The van der Waals surface area contributed by atoms with Crippen LogP contribution in [0.5, 0.6) is 0 Å². The first kappa shape index (κ1) is 13.5. The van der Waals surface area contributed by atoms with Gasteiger partial charge < -0.3 is 4.74 Å². The van der Waals surface area contributed by atoms with Gasteiger partial charge in [-0.15, -0.1) is 0 Å². The van der Waals surface area contributed by atoms with Crippen LogP contribution in [0.1, 0.15) is 19.3 Å². The molecule has 0 aromatic carbocycles. The van der Waals surface area contributed by atoms with Gasteiger partial charge in [-0.2, -0.15) is 5.10 Å². The summed E-state index contributed by atoms with van der Waals surface area (Å²) in [5, 5.41) is 7.22.